The van der Waals surface area contributed by atoms with Crippen molar-refractivity contribution in [1.29, 1.82) is 0 Å². The molecule has 1 amide bonds. The van der Waals surface area contributed by atoms with E-state index < -0.39 is 6.04 Å². The van der Waals surface area contributed by atoms with Crippen LogP contribution in [0.3, 0.4) is 0 Å². The maximum atomic E-state index is 12.3. The van der Waals surface area contributed by atoms with Crippen molar-refractivity contribution in [2.75, 3.05) is 24.9 Å². The van der Waals surface area contributed by atoms with Gasteiger partial charge in [-0.25, -0.2) is 0 Å². The first-order valence-electron chi connectivity index (χ1n) is 7.30. The highest BCUT2D eigenvalue weighted by Gasteiger charge is 2.18. The van der Waals surface area contributed by atoms with Crippen molar-refractivity contribution in [2.45, 2.75) is 26.3 Å². The summed E-state index contributed by atoms with van der Waals surface area (Å²) < 4.78 is 15.4. The smallest absolute Gasteiger partial charge is 0.248 e. The zero-order valence-electron chi connectivity index (χ0n) is 13.7. The van der Waals surface area contributed by atoms with Gasteiger partial charge < -0.3 is 24.6 Å². The van der Waals surface area contributed by atoms with Crippen molar-refractivity contribution < 1.29 is 18.8 Å². The molecule has 7 heteroatoms. The first-order valence-corrected chi connectivity index (χ1v) is 7.30. The number of aryl methyl sites for hydroxylation is 1. The Hall–Kier alpha value is -2.70. The number of anilines is 2. The molecule has 23 heavy (non-hydrogen) atoms. The molecule has 0 aliphatic rings. The van der Waals surface area contributed by atoms with Crippen LogP contribution < -0.4 is 20.1 Å². The molecule has 0 aliphatic carbocycles. The van der Waals surface area contributed by atoms with E-state index in [0.717, 1.165) is 5.69 Å². The lowest BCUT2D eigenvalue weighted by molar-refractivity contribution is -0.117. The van der Waals surface area contributed by atoms with Crippen molar-refractivity contribution in [3.05, 3.63) is 30.0 Å². The molecular formula is C16H21N3O4. The minimum atomic E-state index is -0.412. The number of carbonyl (C=O) groups excluding carboxylic acids is 1. The van der Waals surface area contributed by atoms with E-state index in [1.54, 1.807) is 39.3 Å². The highest BCUT2D eigenvalue weighted by molar-refractivity contribution is 5.95. The quantitative estimate of drug-likeness (QED) is 0.816. The van der Waals surface area contributed by atoms with Gasteiger partial charge in [-0.05, 0) is 25.5 Å². The van der Waals surface area contributed by atoms with Crippen LogP contribution in [0.2, 0.25) is 0 Å². The molecular weight excluding hydrogens is 298 g/mol. The number of hydrogen-bond donors (Lipinski definition) is 2. The number of rotatable bonds is 7. The lowest BCUT2D eigenvalue weighted by Crippen LogP contribution is -2.34. The molecule has 1 unspecified atom stereocenters. The molecule has 0 fully saturated rings. The monoisotopic (exact) mass is 319 g/mol. The number of methoxy groups -OCH3 is 2. The minimum absolute atomic E-state index is 0.185. The number of amides is 1. The summed E-state index contributed by atoms with van der Waals surface area (Å²) in [7, 11) is 3.14. The number of nitrogens with zero attached hydrogens (tertiary/aromatic N) is 1. The lowest BCUT2D eigenvalue weighted by Gasteiger charge is -2.18. The minimum Gasteiger partial charge on any atom is -0.493 e. The highest BCUT2D eigenvalue weighted by Crippen LogP contribution is 2.30. The average Bonchev–Trinajstić information content (AvgIpc) is 2.97. The number of benzene rings is 1. The number of hydrogen-bond acceptors (Lipinski definition) is 6. The molecule has 2 rings (SSSR count). The summed E-state index contributed by atoms with van der Waals surface area (Å²) in [6.07, 6.45) is 0.608. The Kier molecular flexibility index (Phi) is 5.46. The third-order valence-corrected chi connectivity index (χ3v) is 3.33. The summed E-state index contributed by atoms with van der Waals surface area (Å²) in [6.45, 7) is 3.69. The van der Waals surface area contributed by atoms with Crippen LogP contribution in [0.15, 0.2) is 28.8 Å². The maximum absolute atomic E-state index is 12.3. The van der Waals surface area contributed by atoms with Gasteiger partial charge in [0.1, 0.15) is 11.8 Å². The maximum Gasteiger partial charge on any atom is 0.248 e. The van der Waals surface area contributed by atoms with Gasteiger partial charge in [0.2, 0.25) is 5.91 Å². The standard InChI is InChI=1S/C16H21N3O4/c1-5-12(16(20)18-15-8-10(2)23-19-15)17-11-6-7-13(21-3)14(9-11)22-4/h6-9,12,17H,5H2,1-4H3,(H,18,19,20). The van der Waals surface area contributed by atoms with Gasteiger partial charge in [-0.15, -0.1) is 0 Å². The van der Waals surface area contributed by atoms with Crippen molar-refractivity contribution >= 4 is 17.4 Å². The van der Waals surface area contributed by atoms with Crippen LogP contribution in [-0.2, 0) is 4.79 Å². The molecule has 1 aromatic carbocycles. The fourth-order valence-corrected chi connectivity index (χ4v) is 2.12. The Morgan fingerprint density at radius 1 is 1.26 bits per heavy atom. The van der Waals surface area contributed by atoms with Crippen LogP contribution in [0.5, 0.6) is 11.5 Å². The van der Waals surface area contributed by atoms with Crippen LogP contribution in [-0.4, -0.2) is 31.3 Å². The Morgan fingerprint density at radius 3 is 2.57 bits per heavy atom. The molecule has 0 bridgehead atoms. The average molecular weight is 319 g/mol. The van der Waals surface area contributed by atoms with Gasteiger partial charge in [-0.2, -0.15) is 0 Å². The molecule has 0 spiro atoms. The zero-order valence-corrected chi connectivity index (χ0v) is 13.7. The van der Waals surface area contributed by atoms with Crippen LogP contribution in [0.4, 0.5) is 11.5 Å². The van der Waals surface area contributed by atoms with E-state index in [2.05, 4.69) is 15.8 Å². The summed E-state index contributed by atoms with van der Waals surface area (Å²) in [5.74, 6) is 2.09. The Morgan fingerprint density at radius 2 is 2.00 bits per heavy atom. The van der Waals surface area contributed by atoms with E-state index in [0.29, 0.717) is 29.5 Å². The molecule has 1 aromatic heterocycles. The van der Waals surface area contributed by atoms with E-state index in [-0.39, 0.29) is 5.91 Å². The molecule has 0 aliphatic heterocycles. The van der Waals surface area contributed by atoms with Crippen molar-refractivity contribution in [2.24, 2.45) is 0 Å². The SMILES string of the molecule is CCC(Nc1ccc(OC)c(OC)c1)C(=O)Nc1cc(C)on1. The van der Waals surface area contributed by atoms with Crippen molar-refractivity contribution in [1.82, 2.24) is 5.16 Å². The van der Waals surface area contributed by atoms with E-state index in [9.17, 15) is 4.79 Å². The van der Waals surface area contributed by atoms with Gasteiger partial charge in [0.05, 0.1) is 14.2 Å². The van der Waals surface area contributed by atoms with Crippen molar-refractivity contribution in [3.8, 4) is 11.5 Å². The van der Waals surface area contributed by atoms with Gasteiger partial charge in [0.15, 0.2) is 17.3 Å². The molecule has 2 aromatic rings. The first-order chi connectivity index (χ1) is 11.1. The Bertz CT molecular complexity index is 669. The van der Waals surface area contributed by atoms with Crippen LogP contribution in [0.1, 0.15) is 19.1 Å². The number of aromatic nitrogens is 1. The van der Waals surface area contributed by atoms with Gasteiger partial charge >= 0.3 is 0 Å². The van der Waals surface area contributed by atoms with Gasteiger partial charge in [-0.3, -0.25) is 4.79 Å². The van der Waals surface area contributed by atoms with E-state index in [1.807, 2.05) is 13.0 Å². The second-order valence-electron chi connectivity index (χ2n) is 4.99. The van der Waals surface area contributed by atoms with Crippen LogP contribution in [0.25, 0.3) is 0 Å². The highest BCUT2D eigenvalue weighted by atomic mass is 16.5. The van der Waals surface area contributed by atoms with E-state index in [4.69, 9.17) is 14.0 Å². The molecule has 0 saturated carbocycles. The number of nitrogens with one attached hydrogen (secondary N) is 2. The Balaban J connectivity index is 2.07. The molecule has 0 saturated heterocycles. The molecule has 1 atom stereocenters. The third kappa shape index (κ3) is 4.15. The molecule has 1 heterocycles. The van der Waals surface area contributed by atoms with Crippen LogP contribution >= 0.6 is 0 Å². The normalized spacial score (nSPS) is 11.7. The zero-order chi connectivity index (χ0) is 16.8. The van der Waals surface area contributed by atoms with Crippen LogP contribution in [0, 0.1) is 6.92 Å². The molecule has 0 radical (unpaired) electrons. The van der Waals surface area contributed by atoms with Gasteiger partial charge in [0.25, 0.3) is 0 Å². The summed E-state index contributed by atoms with van der Waals surface area (Å²) in [5, 5.41) is 9.66. The Labute approximate surface area is 134 Å². The summed E-state index contributed by atoms with van der Waals surface area (Å²) in [6, 6.07) is 6.66. The fraction of sp³-hybridized carbons (Fsp3) is 0.375. The number of carbonyl (C=O) groups is 1. The number of ether oxygens (including phenoxy) is 2. The topological polar surface area (TPSA) is 85.6 Å². The summed E-state index contributed by atoms with van der Waals surface area (Å²) in [4.78, 5) is 12.3. The van der Waals surface area contributed by atoms with E-state index >= 15 is 0 Å². The predicted octanol–water partition coefficient (Wildman–Crippen LogP) is 2.83. The lowest BCUT2D eigenvalue weighted by atomic mass is 10.2. The third-order valence-electron chi connectivity index (χ3n) is 3.33. The molecule has 7 nitrogen and oxygen atoms in total. The largest absolute Gasteiger partial charge is 0.493 e. The van der Waals surface area contributed by atoms with Gasteiger partial charge in [-0.1, -0.05) is 12.1 Å². The fourth-order valence-electron chi connectivity index (χ4n) is 2.12. The predicted molar refractivity (Wildman–Crippen MR) is 87.1 cm³/mol. The second-order valence-corrected chi connectivity index (χ2v) is 4.99. The summed E-state index contributed by atoms with van der Waals surface area (Å²) >= 11 is 0. The molecule has 124 valence electrons. The van der Waals surface area contributed by atoms with E-state index in [1.165, 1.54) is 0 Å². The molecule has 2 N–H and O–H groups in total. The van der Waals surface area contributed by atoms with Gasteiger partial charge in [0, 0.05) is 17.8 Å². The second kappa shape index (κ2) is 7.53. The van der Waals surface area contributed by atoms with Crippen molar-refractivity contribution in [3.63, 3.8) is 0 Å². The first kappa shape index (κ1) is 16.7. The summed E-state index contributed by atoms with van der Waals surface area (Å²) in [5.41, 5.74) is 0.765.